The maximum absolute atomic E-state index is 13.3. The Kier molecular flexibility index (Phi) is 4.57. The van der Waals surface area contributed by atoms with Crippen LogP contribution in [0.15, 0.2) is 18.2 Å². The van der Waals surface area contributed by atoms with Crippen LogP contribution in [0.4, 0.5) is 10.1 Å². The quantitative estimate of drug-likeness (QED) is 0.879. The van der Waals surface area contributed by atoms with Gasteiger partial charge in [0.1, 0.15) is 5.82 Å². The fraction of sp³-hybridized carbons (Fsp3) is 0.500. The highest BCUT2D eigenvalue weighted by Crippen LogP contribution is 2.58. The number of piperidine rings is 1. The Labute approximate surface area is 128 Å². The number of carbonyl (C=O) groups is 1. The first-order valence-corrected chi connectivity index (χ1v) is 6.95. The molecule has 1 aromatic carbocycles. The maximum atomic E-state index is 13.3. The van der Waals surface area contributed by atoms with Crippen molar-refractivity contribution in [1.82, 2.24) is 5.32 Å². The summed E-state index contributed by atoms with van der Waals surface area (Å²) in [5.41, 5.74) is 0.670. The smallest absolute Gasteiger partial charge is 0.228 e. The molecule has 1 aromatic rings. The first kappa shape index (κ1) is 15.5. The summed E-state index contributed by atoms with van der Waals surface area (Å²) < 4.78 is 13.3. The zero-order valence-corrected chi connectivity index (χ0v) is 12.5. The molecule has 1 unspecified atom stereocenters. The van der Waals surface area contributed by atoms with E-state index < -0.39 is 5.82 Å². The van der Waals surface area contributed by atoms with Gasteiger partial charge in [-0.3, -0.25) is 4.79 Å². The van der Waals surface area contributed by atoms with Gasteiger partial charge in [-0.25, -0.2) is 4.39 Å². The van der Waals surface area contributed by atoms with E-state index in [1.54, 1.807) is 6.07 Å². The van der Waals surface area contributed by atoms with Gasteiger partial charge in [0.15, 0.2) is 0 Å². The van der Waals surface area contributed by atoms with Crippen molar-refractivity contribution in [3.63, 3.8) is 0 Å². The second-order valence-corrected chi connectivity index (χ2v) is 5.89. The molecule has 1 saturated heterocycles. The molecule has 1 aliphatic heterocycles. The first-order chi connectivity index (χ1) is 9.11. The second kappa shape index (κ2) is 5.88. The molecular weight excluding hydrogens is 302 g/mol. The summed E-state index contributed by atoms with van der Waals surface area (Å²) in [6.45, 7) is 1.97. The zero-order chi connectivity index (χ0) is 13.5. The number of anilines is 1. The number of halogens is 3. The minimum Gasteiger partial charge on any atom is -0.326 e. The van der Waals surface area contributed by atoms with E-state index >= 15 is 0 Å². The van der Waals surface area contributed by atoms with Gasteiger partial charge < -0.3 is 10.6 Å². The summed E-state index contributed by atoms with van der Waals surface area (Å²) in [4.78, 5) is 12.2. The van der Waals surface area contributed by atoms with Crippen molar-refractivity contribution in [2.24, 2.45) is 11.3 Å². The number of amides is 1. The number of nitrogens with one attached hydrogen (secondary N) is 2. The van der Waals surface area contributed by atoms with Gasteiger partial charge in [-0.15, -0.1) is 12.4 Å². The fourth-order valence-corrected chi connectivity index (χ4v) is 3.12. The van der Waals surface area contributed by atoms with E-state index in [2.05, 4.69) is 10.6 Å². The SMILES string of the molecule is Cl.O=C(Nc1ccc(Cl)c(F)c1)C1CC12CCNCC2. The summed E-state index contributed by atoms with van der Waals surface area (Å²) in [5.74, 6) is -0.427. The van der Waals surface area contributed by atoms with Crippen LogP contribution >= 0.6 is 24.0 Å². The van der Waals surface area contributed by atoms with Crippen molar-refractivity contribution < 1.29 is 9.18 Å². The normalized spacial score (nSPS) is 23.0. The molecule has 20 heavy (non-hydrogen) atoms. The molecule has 2 fully saturated rings. The van der Waals surface area contributed by atoms with E-state index in [0.717, 1.165) is 32.4 Å². The van der Waals surface area contributed by atoms with E-state index in [4.69, 9.17) is 11.6 Å². The molecule has 1 atom stereocenters. The Morgan fingerprint density at radius 2 is 2.10 bits per heavy atom. The molecule has 2 aliphatic rings. The number of rotatable bonds is 2. The Balaban J connectivity index is 0.00000147. The third kappa shape index (κ3) is 2.92. The van der Waals surface area contributed by atoms with Gasteiger partial charge in [-0.2, -0.15) is 0 Å². The molecule has 1 amide bonds. The summed E-state index contributed by atoms with van der Waals surface area (Å²) in [6.07, 6.45) is 3.07. The Morgan fingerprint density at radius 3 is 2.75 bits per heavy atom. The molecule has 1 aliphatic carbocycles. The van der Waals surface area contributed by atoms with E-state index in [9.17, 15) is 9.18 Å². The molecule has 3 rings (SSSR count). The molecule has 0 radical (unpaired) electrons. The van der Waals surface area contributed by atoms with Crippen molar-refractivity contribution in [3.05, 3.63) is 29.0 Å². The molecule has 1 heterocycles. The van der Waals surface area contributed by atoms with Crippen molar-refractivity contribution in [1.29, 1.82) is 0 Å². The minimum atomic E-state index is -0.508. The standard InChI is InChI=1S/C14H16ClFN2O.ClH/c15-11-2-1-9(7-12(11)16)18-13(19)10-8-14(10)3-5-17-6-4-14;/h1-2,7,10,17H,3-6,8H2,(H,18,19);1H. The Morgan fingerprint density at radius 1 is 1.40 bits per heavy atom. The van der Waals surface area contributed by atoms with E-state index in [-0.39, 0.29) is 34.7 Å². The minimum absolute atomic E-state index is 0. The summed E-state index contributed by atoms with van der Waals surface area (Å²) in [5, 5.41) is 6.16. The van der Waals surface area contributed by atoms with E-state index in [1.807, 2.05) is 0 Å². The van der Waals surface area contributed by atoms with Gasteiger partial charge >= 0.3 is 0 Å². The van der Waals surface area contributed by atoms with Crippen LogP contribution in [0, 0.1) is 17.2 Å². The molecule has 6 heteroatoms. The van der Waals surface area contributed by atoms with Gasteiger partial charge in [-0.05, 0) is 56.0 Å². The Bertz CT molecular complexity index is 518. The summed E-state index contributed by atoms with van der Waals surface area (Å²) in [6, 6.07) is 4.35. The lowest BCUT2D eigenvalue weighted by Gasteiger charge is -2.23. The van der Waals surface area contributed by atoms with Crippen LogP contribution in [-0.2, 0) is 4.79 Å². The molecule has 2 N–H and O–H groups in total. The number of hydrogen-bond acceptors (Lipinski definition) is 2. The van der Waals surface area contributed by atoms with Gasteiger partial charge in [0.25, 0.3) is 0 Å². The molecule has 110 valence electrons. The molecular formula is C14H17Cl2FN2O. The first-order valence-electron chi connectivity index (χ1n) is 6.57. The van der Waals surface area contributed by atoms with Crippen LogP contribution in [0.3, 0.4) is 0 Å². The van der Waals surface area contributed by atoms with Crippen LogP contribution < -0.4 is 10.6 Å². The molecule has 0 aromatic heterocycles. The van der Waals surface area contributed by atoms with E-state index in [0.29, 0.717) is 5.69 Å². The van der Waals surface area contributed by atoms with Gasteiger partial charge in [-0.1, -0.05) is 11.6 Å². The van der Waals surface area contributed by atoms with Crippen LogP contribution in [0.25, 0.3) is 0 Å². The summed E-state index contributed by atoms with van der Waals surface area (Å²) >= 11 is 5.61. The highest BCUT2D eigenvalue weighted by atomic mass is 35.5. The molecule has 0 bridgehead atoms. The predicted octanol–water partition coefficient (Wildman–Crippen LogP) is 3.23. The lowest BCUT2D eigenvalue weighted by Crippen LogP contribution is -2.31. The molecule has 1 saturated carbocycles. The fourth-order valence-electron chi connectivity index (χ4n) is 3.00. The third-order valence-corrected chi connectivity index (χ3v) is 4.60. The predicted molar refractivity (Wildman–Crippen MR) is 79.9 cm³/mol. The van der Waals surface area contributed by atoms with E-state index in [1.165, 1.54) is 12.1 Å². The maximum Gasteiger partial charge on any atom is 0.228 e. The number of hydrogen-bond donors (Lipinski definition) is 2. The largest absolute Gasteiger partial charge is 0.326 e. The molecule has 3 nitrogen and oxygen atoms in total. The topological polar surface area (TPSA) is 41.1 Å². The van der Waals surface area contributed by atoms with Crippen LogP contribution in [0.5, 0.6) is 0 Å². The Hall–Kier alpha value is -0.840. The summed E-state index contributed by atoms with van der Waals surface area (Å²) in [7, 11) is 0. The van der Waals surface area contributed by atoms with Crippen LogP contribution in [0.1, 0.15) is 19.3 Å². The average molecular weight is 319 g/mol. The lowest BCUT2D eigenvalue weighted by molar-refractivity contribution is -0.118. The lowest BCUT2D eigenvalue weighted by atomic mass is 9.92. The van der Waals surface area contributed by atoms with Crippen LogP contribution in [0.2, 0.25) is 5.02 Å². The van der Waals surface area contributed by atoms with Crippen molar-refractivity contribution in [2.45, 2.75) is 19.3 Å². The van der Waals surface area contributed by atoms with Crippen molar-refractivity contribution in [2.75, 3.05) is 18.4 Å². The van der Waals surface area contributed by atoms with Crippen LogP contribution in [-0.4, -0.2) is 19.0 Å². The average Bonchev–Trinajstić information content (AvgIpc) is 3.08. The van der Waals surface area contributed by atoms with Gasteiger partial charge in [0.2, 0.25) is 5.91 Å². The monoisotopic (exact) mass is 318 g/mol. The third-order valence-electron chi connectivity index (χ3n) is 4.29. The number of carbonyl (C=O) groups excluding carboxylic acids is 1. The highest BCUT2D eigenvalue weighted by Gasteiger charge is 2.57. The van der Waals surface area contributed by atoms with Gasteiger partial charge in [0, 0.05) is 11.6 Å². The van der Waals surface area contributed by atoms with Crippen molar-refractivity contribution in [3.8, 4) is 0 Å². The molecule has 1 spiro atoms. The van der Waals surface area contributed by atoms with Gasteiger partial charge in [0.05, 0.1) is 5.02 Å². The highest BCUT2D eigenvalue weighted by molar-refractivity contribution is 6.30. The number of benzene rings is 1. The second-order valence-electron chi connectivity index (χ2n) is 5.49. The zero-order valence-electron chi connectivity index (χ0n) is 10.9. The van der Waals surface area contributed by atoms with Crippen molar-refractivity contribution >= 4 is 35.6 Å².